The topological polar surface area (TPSA) is 37.3 Å². The van der Waals surface area contributed by atoms with Crippen LogP contribution in [0.15, 0.2) is 0 Å². The minimum Gasteiger partial charge on any atom is -0.475 e. The van der Waals surface area contributed by atoms with Crippen LogP contribution < -0.4 is 0 Å². The first-order valence-electron chi connectivity index (χ1n) is 1.24. The van der Waals surface area contributed by atoms with Crippen molar-refractivity contribution in [1.82, 2.24) is 0 Å². The maximum absolute atomic E-state index is 10.6. The average molecular weight is 173 g/mol. The summed E-state index contributed by atoms with van der Waals surface area (Å²) in [5.74, 6) is -2.76. The fraction of sp³-hybridized carbons (Fsp3) is 0.500. The van der Waals surface area contributed by atoms with Crippen molar-refractivity contribution < 1.29 is 39.9 Å². The minimum absolute atomic E-state index is 0. The molecule has 0 saturated heterocycles. The third kappa shape index (κ3) is 3.94. The summed E-state index contributed by atoms with van der Waals surface area (Å²) >= 11 is 0. The molecule has 0 aromatic carbocycles. The molecule has 0 spiro atoms. The Morgan fingerprint density at radius 2 is 1.50 bits per heavy atom. The van der Waals surface area contributed by atoms with E-state index in [4.69, 9.17) is 9.90 Å². The number of halogens is 3. The summed E-state index contributed by atoms with van der Waals surface area (Å²) in [6, 6.07) is 0. The van der Waals surface area contributed by atoms with Crippen LogP contribution in [0.5, 0.6) is 0 Å². The van der Waals surface area contributed by atoms with Gasteiger partial charge in [0.25, 0.3) is 0 Å². The zero-order valence-corrected chi connectivity index (χ0v) is 4.36. The number of hydrogen-bond acceptors (Lipinski definition) is 1. The molecule has 0 aromatic heterocycles. The van der Waals surface area contributed by atoms with Crippen molar-refractivity contribution in [1.29, 1.82) is 0 Å². The van der Waals surface area contributed by atoms with Gasteiger partial charge in [0.15, 0.2) is 0 Å². The first-order valence-corrected chi connectivity index (χ1v) is 1.24. The van der Waals surface area contributed by atoms with E-state index in [-0.39, 0.29) is 16.8 Å². The molecule has 0 rings (SSSR count). The number of carboxylic acids is 1. The SMILES string of the molecule is O=C(O)C(F)(F)F.[Co]. The number of alkyl halides is 3. The van der Waals surface area contributed by atoms with Gasteiger partial charge in [-0.1, -0.05) is 0 Å². The van der Waals surface area contributed by atoms with Crippen molar-refractivity contribution in [3.63, 3.8) is 0 Å². The molecule has 0 aliphatic carbocycles. The molecule has 0 heterocycles. The third-order valence-electron chi connectivity index (χ3n) is 0.243. The molecule has 0 unspecified atom stereocenters. The quantitative estimate of drug-likeness (QED) is 0.583. The number of rotatable bonds is 0. The molecule has 1 N–H and O–H groups in total. The second-order valence-corrected chi connectivity index (χ2v) is 0.803. The molecule has 51 valence electrons. The largest absolute Gasteiger partial charge is 0.490 e. The van der Waals surface area contributed by atoms with E-state index in [2.05, 4.69) is 0 Å². The minimum atomic E-state index is -5.08. The Kier molecular flexibility index (Phi) is 3.91. The first-order chi connectivity index (χ1) is 2.94. The van der Waals surface area contributed by atoms with E-state index in [9.17, 15) is 13.2 Å². The van der Waals surface area contributed by atoms with E-state index < -0.39 is 12.1 Å². The fourth-order valence-corrected chi connectivity index (χ4v) is 0. The summed E-state index contributed by atoms with van der Waals surface area (Å²) in [5.41, 5.74) is 0. The van der Waals surface area contributed by atoms with E-state index in [0.717, 1.165) is 0 Å². The molecule has 0 saturated carbocycles. The van der Waals surface area contributed by atoms with Crippen molar-refractivity contribution in [3.8, 4) is 0 Å². The molecule has 1 radical (unpaired) electrons. The molecule has 0 aliphatic rings. The van der Waals surface area contributed by atoms with Gasteiger partial charge in [-0.25, -0.2) is 4.79 Å². The van der Waals surface area contributed by atoms with Gasteiger partial charge < -0.3 is 5.11 Å². The molecular weight excluding hydrogens is 172 g/mol. The second kappa shape index (κ2) is 2.93. The van der Waals surface area contributed by atoms with Gasteiger partial charge in [0.05, 0.1) is 0 Å². The van der Waals surface area contributed by atoms with Gasteiger partial charge in [0.1, 0.15) is 0 Å². The van der Waals surface area contributed by atoms with Crippen LogP contribution >= 0.6 is 0 Å². The molecule has 0 aliphatic heterocycles. The number of carbonyl (C=O) groups is 1. The van der Waals surface area contributed by atoms with Crippen LogP contribution in [0.4, 0.5) is 13.2 Å². The smallest absolute Gasteiger partial charge is 0.475 e. The van der Waals surface area contributed by atoms with Crippen molar-refractivity contribution in [3.05, 3.63) is 0 Å². The summed E-state index contributed by atoms with van der Waals surface area (Å²) in [5, 5.41) is 7.12. The van der Waals surface area contributed by atoms with Crippen molar-refractivity contribution in [2.45, 2.75) is 6.18 Å². The van der Waals surface area contributed by atoms with Gasteiger partial charge in [0.2, 0.25) is 0 Å². The summed E-state index contributed by atoms with van der Waals surface area (Å²) in [4.78, 5) is 8.90. The fourth-order valence-electron chi connectivity index (χ4n) is 0. The van der Waals surface area contributed by atoms with E-state index in [1.165, 1.54) is 0 Å². The molecule has 0 bridgehead atoms. The standard InChI is InChI=1S/C2HF3O2.Co/c3-2(4,5)1(6)7;/h(H,6,7);. The van der Waals surface area contributed by atoms with E-state index in [1.54, 1.807) is 0 Å². The van der Waals surface area contributed by atoms with E-state index in [1.807, 2.05) is 0 Å². The molecule has 8 heavy (non-hydrogen) atoms. The van der Waals surface area contributed by atoms with Crippen LogP contribution in [0.1, 0.15) is 0 Å². The van der Waals surface area contributed by atoms with Gasteiger partial charge in [0, 0.05) is 16.8 Å². The van der Waals surface area contributed by atoms with Crippen molar-refractivity contribution in [2.75, 3.05) is 0 Å². The maximum Gasteiger partial charge on any atom is 0.490 e. The van der Waals surface area contributed by atoms with Crippen LogP contribution in [0.2, 0.25) is 0 Å². The zero-order chi connectivity index (χ0) is 6.08. The third-order valence-corrected chi connectivity index (χ3v) is 0.243. The summed E-state index contributed by atoms with van der Waals surface area (Å²) in [6.07, 6.45) is -5.08. The number of carboxylic acid groups (broad SMARTS) is 1. The van der Waals surface area contributed by atoms with Gasteiger partial charge in [-0.3, -0.25) is 0 Å². The molecule has 0 aromatic rings. The summed E-state index contributed by atoms with van der Waals surface area (Å²) < 4.78 is 31.7. The van der Waals surface area contributed by atoms with Crippen molar-refractivity contribution in [2.24, 2.45) is 0 Å². The van der Waals surface area contributed by atoms with E-state index in [0.29, 0.717) is 0 Å². The van der Waals surface area contributed by atoms with Gasteiger partial charge in [-0.2, -0.15) is 13.2 Å². The summed E-state index contributed by atoms with van der Waals surface area (Å²) in [6.45, 7) is 0. The Hall–Kier alpha value is -0.234. The summed E-state index contributed by atoms with van der Waals surface area (Å²) in [7, 11) is 0. The average Bonchev–Trinajstić information content (AvgIpc) is 1.31. The Morgan fingerprint density at radius 3 is 1.50 bits per heavy atom. The molecule has 0 fully saturated rings. The van der Waals surface area contributed by atoms with Crippen LogP contribution in [-0.2, 0) is 21.6 Å². The molecule has 0 atom stereocenters. The van der Waals surface area contributed by atoms with E-state index >= 15 is 0 Å². The predicted molar refractivity (Wildman–Crippen MR) is 13.7 cm³/mol. The normalized spacial score (nSPS) is 9.88. The Morgan fingerprint density at radius 1 is 1.38 bits per heavy atom. The molecule has 0 amide bonds. The van der Waals surface area contributed by atoms with Crippen molar-refractivity contribution >= 4 is 5.97 Å². The number of hydrogen-bond donors (Lipinski definition) is 1. The van der Waals surface area contributed by atoms with Gasteiger partial charge >= 0.3 is 12.1 Å². The van der Waals surface area contributed by atoms with Crippen LogP contribution in [0.25, 0.3) is 0 Å². The second-order valence-electron chi connectivity index (χ2n) is 0.803. The van der Waals surface area contributed by atoms with Gasteiger partial charge in [-0.05, 0) is 0 Å². The molecule has 2 nitrogen and oxygen atoms in total. The maximum atomic E-state index is 10.6. The Balaban J connectivity index is 0. The van der Waals surface area contributed by atoms with Gasteiger partial charge in [-0.15, -0.1) is 0 Å². The van der Waals surface area contributed by atoms with Crippen LogP contribution in [0.3, 0.4) is 0 Å². The molecular formula is C2HCoF3O2. The first kappa shape index (κ1) is 10.7. The van der Waals surface area contributed by atoms with Crippen LogP contribution in [-0.4, -0.2) is 17.3 Å². The Labute approximate surface area is 52.9 Å². The monoisotopic (exact) mass is 173 g/mol. The predicted octanol–water partition coefficient (Wildman–Crippen LogP) is 0.631. The number of aliphatic carboxylic acids is 1. The zero-order valence-electron chi connectivity index (χ0n) is 3.32. The molecule has 6 heteroatoms. The van der Waals surface area contributed by atoms with Crippen LogP contribution in [0, 0.1) is 0 Å². The Bertz CT molecular complexity index is 87.8.